The van der Waals surface area contributed by atoms with Gasteiger partial charge in [-0.15, -0.1) is 0 Å². The maximum atomic E-state index is 13.5. The Kier molecular flexibility index (Phi) is 13.2. The van der Waals surface area contributed by atoms with Crippen molar-refractivity contribution in [3.63, 3.8) is 0 Å². The maximum absolute atomic E-state index is 13.5. The number of hydrogen-bond acceptors (Lipinski definition) is 8. The van der Waals surface area contributed by atoms with E-state index in [9.17, 15) is 4.79 Å². The number of anilines is 2. The Morgan fingerprint density at radius 2 is 1.02 bits per heavy atom. The number of ether oxygens (including phenoxy) is 3. The molecule has 3 aromatic rings. The highest BCUT2D eigenvalue weighted by Gasteiger charge is 2.40. The summed E-state index contributed by atoms with van der Waals surface area (Å²) in [5.41, 5.74) is 6.62. The molecule has 3 unspecified atom stereocenters. The van der Waals surface area contributed by atoms with Gasteiger partial charge in [0.2, 0.25) is 0 Å². The fraction of sp³-hybridized carbons (Fsp3) is 0.558. The minimum atomic E-state index is -2.76. The lowest BCUT2D eigenvalue weighted by Gasteiger charge is -2.31. The van der Waals surface area contributed by atoms with Crippen molar-refractivity contribution < 1.29 is 32.3 Å². The normalized spacial score (nSPS) is 19.4. The molecule has 0 aromatic heterocycles. The molecule has 0 radical (unpaired) electrons. The van der Waals surface area contributed by atoms with Crippen LogP contribution in [-0.2, 0) is 38.3 Å². The number of carbonyl (C=O) groups excluding carboxylic acids is 1. The summed E-state index contributed by atoms with van der Waals surface area (Å²) in [5, 5.41) is 3.11. The minimum Gasteiger partial charge on any atom is -0.374 e. The van der Waals surface area contributed by atoms with Crippen LogP contribution in [0.4, 0.5) is 16.2 Å². The standard InChI is InChI=1S/C43H61N3O7Si/c1-8-51-54(52-9-2,53-10-3)25-11-24-44-41(47)46(28-40-31-50-40)37-22-18-35(19-23-37)43(6,7)33-14-12-32(13-15-33)42(4,5)34-16-20-36(21-17-34)45(26-38-29-48-38)27-39-30-49-39/h12-23,38-40H,8-11,24-31H2,1-7H3,(H,44,47). The van der Waals surface area contributed by atoms with Crippen LogP contribution in [0.1, 0.15) is 77.1 Å². The van der Waals surface area contributed by atoms with Gasteiger partial charge in [-0.3, -0.25) is 4.90 Å². The van der Waals surface area contributed by atoms with Gasteiger partial charge in [-0.1, -0.05) is 76.2 Å². The summed E-state index contributed by atoms with van der Waals surface area (Å²) in [6, 6.07) is 27.0. The Hall–Kier alpha value is -3.29. The van der Waals surface area contributed by atoms with Crippen LogP contribution in [0.15, 0.2) is 72.8 Å². The predicted octanol–water partition coefficient (Wildman–Crippen LogP) is 7.30. The van der Waals surface area contributed by atoms with Crippen LogP contribution >= 0.6 is 0 Å². The van der Waals surface area contributed by atoms with Crippen molar-refractivity contribution in [3.8, 4) is 0 Å². The first-order valence-electron chi connectivity index (χ1n) is 19.9. The van der Waals surface area contributed by atoms with Gasteiger partial charge >= 0.3 is 14.8 Å². The van der Waals surface area contributed by atoms with Crippen molar-refractivity contribution in [1.29, 1.82) is 0 Å². The summed E-state index contributed by atoms with van der Waals surface area (Å²) < 4.78 is 34.5. The first-order chi connectivity index (χ1) is 26.0. The molecule has 3 aliphatic heterocycles. The summed E-state index contributed by atoms with van der Waals surface area (Å²) in [5.74, 6) is 0. The second-order valence-corrected chi connectivity index (χ2v) is 18.4. The number of carbonyl (C=O) groups is 1. The summed E-state index contributed by atoms with van der Waals surface area (Å²) in [6.45, 7) is 21.8. The van der Waals surface area contributed by atoms with Gasteiger partial charge in [-0.25, -0.2) is 4.79 Å². The molecule has 54 heavy (non-hydrogen) atoms. The van der Waals surface area contributed by atoms with Crippen molar-refractivity contribution >= 4 is 26.2 Å². The van der Waals surface area contributed by atoms with Crippen molar-refractivity contribution in [2.75, 3.05) is 75.6 Å². The molecule has 0 spiro atoms. The summed E-state index contributed by atoms with van der Waals surface area (Å²) in [4.78, 5) is 17.7. The monoisotopic (exact) mass is 759 g/mol. The quantitative estimate of drug-likeness (QED) is 0.0648. The molecular formula is C43H61N3O7Si. The molecule has 2 amide bonds. The minimum absolute atomic E-state index is 0.0565. The third-order valence-electron chi connectivity index (χ3n) is 10.9. The zero-order valence-corrected chi connectivity index (χ0v) is 34.4. The molecule has 3 atom stereocenters. The summed E-state index contributed by atoms with van der Waals surface area (Å²) in [6.07, 6.45) is 1.43. The van der Waals surface area contributed by atoms with Crippen LogP contribution in [0.2, 0.25) is 6.04 Å². The van der Waals surface area contributed by atoms with Gasteiger partial charge in [0.05, 0.1) is 44.7 Å². The van der Waals surface area contributed by atoms with Crippen LogP contribution in [-0.4, -0.2) is 99.0 Å². The molecule has 0 bridgehead atoms. The van der Waals surface area contributed by atoms with Gasteiger partial charge < -0.3 is 37.7 Å². The van der Waals surface area contributed by atoms with Crippen LogP contribution < -0.4 is 15.1 Å². The fourth-order valence-electron chi connectivity index (χ4n) is 7.19. The third kappa shape index (κ3) is 10.3. The van der Waals surface area contributed by atoms with Crippen molar-refractivity contribution in [3.05, 3.63) is 95.1 Å². The highest BCUT2D eigenvalue weighted by molar-refractivity contribution is 6.60. The maximum Gasteiger partial charge on any atom is 0.500 e. The average Bonchev–Trinajstić information content (AvgIpc) is 4.02. The first-order valence-corrected chi connectivity index (χ1v) is 21.8. The number of nitrogens with zero attached hydrogens (tertiary/aromatic N) is 2. The second kappa shape index (κ2) is 17.7. The van der Waals surface area contributed by atoms with E-state index in [1.54, 1.807) is 4.90 Å². The van der Waals surface area contributed by atoms with E-state index in [1.165, 1.54) is 27.9 Å². The third-order valence-corrected chi connectivity index (χ3v) is 14.0. The topological polar surface area (TPSA) is 101 Å². The van der Waals surface area contributed by atoms with E-state index in [4.69, 9.17) is 27.5 Å². The van der Waals surface area contributed by atoms with Crippen LogP contribution in [0.25, 0.3) is 0 Å². The van der Waals surface area contributed by atoms with E-state index >= 15 is 0 Å². The smallest absolute Gasteiger partial charge is 0.374 e. The SMILES string of the molecule is CCO[Si](CCCNC(=O)N(CC1CO1)c1ccc(C(C)(C)c2ccc(C(C)(C)c3ccc(N(CC4CO4)CC4CO4)cc3)cc2)cc1)(OCC)OCC. The Labute approximate surface area is 323 Å². The molecule has 0 saturated carbocycles. The van der Waals surface area contributed by atoms with Gasteiger partial charge in [0.15, 0.2) is 0 Å². The van der Waals surface area contributed by atoms with Gasteiger partial charge in [0.25, 0.3) is 0 Å². The second-order valence-electron chi connectivity index (χ2n) is 15.6. The number of amides is 2. The Balaban J connectivity index is 1.08. The van der Waals surface area contributed by atoms with Crippen LogP contribution in [0.3, 0.4) is 0 Å². The molecule has 294 valence electrons. The highest BCUT2D eigenvalue weighted by atomic mass is 28.4. The summed E-state index contributed by atoms with van der Waals surface area (Å²) in [7, 11) is -2.76. The molecule has 10 nitrogen and oxygen atoms in total. The molecule has 3 heterocycles. The molecule has 0 aliphatic carbocycles. The molecule has 3 aromatic carbocycles. The summed E-state index contributed by atoms with van der Waals surface area (Å²) >= 11 is 0. The average molecular weight is 760 g/mol. The van der Waals surface area contributed by atoms with Gasteiger partial charge in [-0.2, -0.15) is 0 Å². The fourth-order valence-corrected chi connectivity index (χ4v) is 9.80. The van der Waals surface area contributed by atoms with E-state index in [0.717, 1.165) is 32.0 Å². The zero-order chi connectivity index (χ0) is 38.3. The Morgan fingerprint density at radius 1 is 0.648 bits per heavy atom. The van der Waals surface area contributed by atoms with Crippen LogP contribution in [0, 0.1) is 0 Å². The van der Waals surface area contributed by atoms with E-state index in [0.29, 0.717) is 64.2 Å². The van der Waals surface area contributed by atoms with Crippen molar-refractivity contribution in [1.82, 2.24) is 5.32 Å². The number of benzene rings is 3. The molecule has 3 saturated heterocycles. The first kappa shape index (κ1) is 40.4. The number of nitrogens with one attached hydrogen (secondary N) is 1. The van der Waals surface area contributed by atoms with E-state index < -0.39 is 8.80 Å². The zero-order valence-electron chi connectivity index (χ0n) is 33.4. The molecule has 1 N–H and O–H groups in total. The molecule has 6 rings (SSSR count). The number of urea groups is 1. The lowest BCUT2D eigenvalue weighted by atomic mass is 9.74. The predicted molar refractivity (Wildman–Crippen MR) is 216 cm³/mol. The number of epoxide rings is 3. The Bertz CT molecular complexity index is 1610. The molecule has 3 fully saturated rings. The van der Waals surface area contributed by atoms with E-state index in [-0.39, 0.29) is 23.0 Å². The van der Waals surface area contributed by atoms with Crippen molar-refractivity contribution in [2.24, 2.45) is 0 Å². The van der Waals surface area contributed by atoms with E-state index in [1.807, 2.05) is 32.9 Å². The van der Waals surface area contributed by atoms with Gasteiger partial charge in [0.1, 0.15) is 0 Å². The number of rotatable bonds is 22. The van der Waals surface area contributed by atoms with Crippen molar-refractivity contribution in [2.45, 2.75) is 90.1 Å². The van der Waals surface area contributed by atoms with Gasteiger partial charge in [-0.05, 0) is 73.7 Å². The lowest BCUT2D eigenvalue weighted by molar-refractivity contribution is 0.0708. The largest absolute Gasteiger partial charge is 0.500 e. The molecule has 11 heteroatoms. The molecular weight excluding hydrogens is 699 g/mol. The number of hydrogen-bond donors (Lipinski definition) is 1. The van der Waals surface area contributed by atoms with Gasteiger partial charge in [0, 0.05) is 67.7 Å². The van der Waals surface area contributed by atoms with Crippen LogP contribution in [0.5, 0.6) is 0 Å². The molecule has 3 aliphatic rings. The van der Waals surface area contributed by atoms with E-state index in [2.05, 4.69) is 98.6 Å². The Morgan fingerprint density at radius 3 is 1.41 bits per heavy atom. The lowest BCUT2D eigenvalue weighted by Crippen LogP contribution is -2.47. The highest BCUT2D eigenvalue weighted by Crippen LogP contribution is 2.37.